The molecule has 0 aromatic heterocycles. The van der Waals surface area contributed by atoms with Gasteiger partial charge >= 0.3 is 5.97 Å². The van der Waals surface area contributed by atoms with E-state index in [2.05, 4.69) is 0 Å². The Morgan fingerprint density at radius 2 is 1.94 bits per heavy atom. The first-order valence-corrected chi connectivity index (χ1v) is 4.52. The summed E-state index contributed by atoms with van der Waals surface area (Å²) >= 11 is 0. The molecule has 1 aromatic carbocycles. The second-order valence-electron chi connectivity index (χ2n) is 3.65. The Bertz CT molecular complexity index is 410. The van der Waals surface area contributed by atoms with Gasteiger partial charge in [-0.15, -0.1) is 0 Å². The van der Waals surface area contributed by atoms with Crippen molar-refractivity contribution in [1.82, 2.24) is 0 Å². The SMILES string of the molecule is C[C@@](O)(CC(=O)O)c1ccc([N+](=O)[O-])cc1. The number of nitrogens with zero attached hydrogens (tertiary/aromatic N) is 1. The van der Waals surface area contributed by atoms with Crippen LogP contribution in [-0.4, -0.2) is 21.1 Å². The number of hydrogen-bond acceptors (Lipinski definition) is 4. The molecule has 6 nitrogen and oxygen atoms in total. The molecular weight excluding hydrogens is 214 g/mol. The van der Waals surface area contributed by atoms with Crippen LogP contribution in [0.25, 0.3) is 0 Å². The maximum atomic E-state index is 10.5. The molecule has 0 aliphatic heterocycles. The molecule has 1 atom stereocenters. The zero-order chi connectivity index (χ0) is 12.3. The molecule has 0 bridgehead atoms. The highest BCUT2D eigenvalue weighted by Crippen LogP contribution is 2.26. The Balaban J connectivity index is 2.96. The number of carbonyl (C=O) groups is 1. The van der Waals surface area contributed by atoms with Crippen molar-refractivity contribution in [1.29, 1.82) is 0 Å². The Labute approximate surface area is 91.3 Å². The van der Waals surface area contributed by atoms with Crippen molar-refractivity contribution in [2.75, 3.05) is 0 Å². The molecule has 1 rings (SSSR count). The van der Waals surface area contributed by atoms with Crippen LogP contribution in [0.2, 0.25) is 0 Å². The third-order valence-electron chi connectivity index (χ3n) is 2.20. The van der Waals surface area contributed by atoms with Crippen LogP contribution < -0.4 is 0 Å². The fraction of sp³-hybridized carbons (Fsp3) is 0.300. The van der Waals surface area contributed by atoms with Crippen molar-refractivity contribution < 1.29 is 19.9 Å². The number of aliphatic hydroxyl groups is 1. The topological polar surface area (TPSA) is 101 Å². The number of nitro groups is 1. The molecule has 0 saturated carbocycles. The van der Waals surface area contributed by atoms with Gasteiger partial charge in [0.1, 0.15) is 0 Å². The number of nitro benzene ring substituents is 1. The first-order valence-electron chi connectivity index (χ1n) is 4.52. The molecule has 86 valence electrons. The molecule has 0 radical (unpaired) electrons. The number of aliphatic carboxylic acids is 1. The molecule has 0 fully saturated rings. The summed E-state index contributed by atoms with van der Waals surface area (Å²) in [6.07, 6.45) is -0.454. The minimum atomic E-state index is -1.53. The lowest BCUT2D eigenvalue weighted by molar-refractivity contribution is -0.384. The van der Waals surface area contributed by atoms with E-state index in [4.69, 9.17) is 5.11 Å². The minimum Gasteiger partial charge on any atom is -0.481 e. The molecule has 16 heavy (non-hydrogen) atoms. The number of hydrogen-bond donors (Lipinski definition) is 2. The van der Waals surface area contributed by atoms with Gasteiger partial charge in [0, 0.05) is 12.1 Å². The van der Waals surface area contributed by atoms with Crippen LogP contribution in [-0.2, 0) is 10.4 Å². The summed E-state index contributed by atoms with van der Waals surface area (Å²) in [4.78, 5) is 20.3. The maximum absolute atomic E-state index is 10.5. The highest BCUT2D eigenvalue weighted by atomic mass is 16.6. The summed E-state index contributed by atoms with van der Waals surface area (Å²) in [5.74, 6) is -1.14. The first kappa shape index (κ1) is 12.1. The van der Waals surface area contributed by atoms with Gasteiger partial charge in [-0.1, -0.05) is 0 Å². The van der Waals surface area contributed by atoms with Crippen LogP contribution >= 0.6 is 0 Å². The second kappa shape index (κ2) is 4.28. The van der Waals surface area contributed by atoms with Crippen LogP contribution in [0.1, 0.15) is 18.9 Å². The van der Waals surface area contributed by atoms with E-state index in [1.54, 1.807) is 0 Å². The fourth-order valence-corrected chi connectivity index (χ4v) is 1.34. The summed E-state index contributed by atoms with van der Waals surface area (Å²) in [5.41, 5.74) is -1.29. The minimum absolute atomic E-state index is 0.102. The van der Waals surface area contributed by atoms with Gasteiger partial charge in [-0.05, 0) is 24.6 Å². The Morgan fingerprint density at radius 3 is 2.31 bits per heavy atom. The zero-order valence-corrected chi connectivity index (χ0v) is 8.58. The number of carboxylic acid groups (broad SMARTS) is 1. The summed E-state index contributed by atoms with van der Waals surface area (Å²) in [7, 11) is 0. The van der Waals surface area contributed by atoms with Gasteiger partial charge in [-0.3, -0.25) is 14.9 Å². The van der Waals surface area contributed by atoms with Crippen LogP contribution in [0.5, 0.6) is 0 Å². The molecule has 0 amide bonds. The van der Waals surface area contributed by atoms with Gasteiger partial charge in [0.2, 0.25) is 0 Å². The Morgan fingerprint density at radius 1 is 1.44 bits per heavy atom. The quantitative estimate of drug-likeness (QED) is 0.593. The van der Waals surface area contributed by atoms with Crippen LogP contribution in [0.3, 0.4) is 0 Å². The molecule has 0 spiro atoms. The van der Waals surface area contributed by atoms with Gasteiger partial charge in [-0.25, -0.2) is 0 Å². The van der Waals surface area contributed by atoms with E-state index in [0.29, 0.717) is 5.56 Å². The molecule has 0 unspecified atom stereocenters. The third kappa shape index (κ3) is 2.77. The number of non-ortho nitro benzene ring substituents is 1. The van der Waals surface area contributed by atoms with E-state index in [1.165, 1.54) is 31.2 Å². The fourth-order valence-electron chi connectivity index (χ4n) is 1.34. The summed E-state index contributed by atoms with van der Waals surface area (Å²) in [6, 6.07) is 5.15. The molecule has 0 heterocycles. The normalized spacial score (nSPS) is 14.1. The summed E-state index contributed by atoms with van der Waals surface area (Å²) in [6.45, 7) is 1.35. The molecule has 0 aliphatic carbocycles. The predicted molar refractivity (Wildman–Crippen MR) is 54.9 cm³/mol. The van der Waals surface area contributed by atoms with Crippen molar-refractivity contribution in [3.05, 3.63) is 39.9 Å². The van der Waals surface area contributed by atoms with E-state index in [-0.39, 0.29) is 5.69 Å². The highest BCUT2D eigenvalue weighted by Gasteiger charge is 2.26. The van der Waals surface area contributed by atoms with Gasteiger partial charge in [0.05, 0.1) is 16.9 Å². The van der Waals surface area contributed by atoms with E-state index in [0.717, 1.165) is 0 Å². The molecule has 0 aliphatic rings. The number of carboxylic acids is 1. The van der Waals surface area contributed by atoms with E-state index >= 15 is 0 Å². The molecule has 6 heteroatoms. The average molecular weight is 225 g/mol. The lowest BCUT2D eigenvalue weighted by Crippen LogP contribution is -2.24. The molecular formula is C10H11NO5. The number of benzene rings is 1. The van der Waals surface area contributed by atoms with Crippen molar-refractivity contribution in [3.8, 4) is 0 Å². The smallest absolute Gasteiger partial charge is 0.306 e. The second-order valence-corrected chi connectivity index (χ2v) is 3.65. The van der Waals surface area contributed by atoms with Crippen molar-refractivity contribution >= 4 is 11.7 Å². The zero-order valence-electron chi connectivity index (χ0n) is 8.58. The lowest BCUT2D eigenvalue weighted by atomic mass is 9.92. The number of rotatable bonds is 4. The summed E-state index contributed by atoms with van der Waals surface area (Å²) in [5, 5.41) is 28.8. The average Bonchev–Trinajstić information content (AvgIpc) is 2.16. The van der Waals surface area contributed by atoms with E-state index < -0.39 is 22.9 Å². The standard InChI is InChI=1S/C10H11NO5/c1-10(14,6-9(12)13)7-2-4-8(5-3-7)11(15)16/h2-5,14H,6H2,1H3,(H,12,13)/t10-/m1/s1. The molecule has 0 saturated heterocycles. The summed E-state index contributed by atoms with van der Waals surface area (Å²) < 4.78 is 0. The van der Waals surface area contributed by atoms with Gasteiger partial charge in [0.15, 0.2) is 0 Å². The van der Waals surface area contributed by atoms with Gasteiger partial charge < -0.3 is 10.2 Å². The van der Waals surface area contributed by atoms with Gasteiger partial charge in [-0.2, -0.15) is 0 Å². The van der Waals surface area contributed by atoms with Crippen molar-refractivity contribution in [2.24, 2.45) is 0 Å². The monoisotopic (exact) mass is 225 g/mol. The van der Waals surface area contributed by atoms with E-state index in [1.807, 2.05) is 0 Å². The van der Waals surface area contributed by atoms with Crippen LogP contribution in [0, 0.1) is 10.1 Å². The van der Waals surface area contributed by atoms with Gasteiger partial charge in [0.25, 0.3) is 5.69 Å². The molecule has 1 aromatic rings. The maximum Gasteiger partial charge on any atom is 0.306 e. The van der Waals surface area contributed by atoms with Crippen LogP contribution in [0.15, 0.2) is 24.3 Å². The first-order chi connectivity index (χ1) is 7.33. The van der Waals surface area contributed by atoms with E-state index in [9.17, 15) is 20.0 Å². The Hall–Kier alpha value is -1.95. The van der Waals surface area contributed by atoms with Crippen molar-refractivity contribution in [3.63, 3.8) is 0 Å². The predicted octanol–water partition coefficient (Wildman–Crippen LogP) is 1.28. The molecule has 2 N–H and O–H groups in total. The third-order valence-corrected chi connectivity index (χ3v) is 2.20. The lowest BCUT2D eigenvalue weighted by Gasteiger charge is -2.21. The Kier molecular flexibility index (Phi) is 3.24. The van der Waals surface area contributed by atoms with Crippen LogP contribution in [0.4, 0.5) is 5.69 Å². The largest absolute Gasteiger partial charge is 0.481 e. The highest BCUT2D eigenvalue weighted by molar-refractivity contribution is 5.68. The van der Waals surface area contributed by atoms with Crippen molar-refractivity contribution in [2.45, 2.75) is 18.9 Å².